The van der Waals surface area contributed by atoms with Crippen molar-refractivity contribution in [1.29, 1.82) is 0 Å². The highest BCUT2D eigenvalue weighted by Crippen LogP contribution is 2.50. The van der Waals surface area contributed by atoms with Gasteiger partial charge in [-0.1, -0.05) is 110 Å². The number of carboxylic acid groups (broad SMARTS) is 1. The highest BCUT2D eigenvalue weighted by molar-refractivity contribution is 6.32. The Hall–Kier alpha value is -10.8. The molecule has 598 valence electrons. The van der Waals surface area contributed by atoms with Crippen LogP contribution in [0.15, 0.2) is 133 Å². The minimum Gasteiger partial charge on any atom is -0.508 e. The number of hydrogen-bond acceptors (Lipinski definition) is 25. The number of aliphatic hydroxyl groups excluding tert-OH is 6. The molecule has 2 fully saturated rings. The standard InChI is InChI=1S/C78H83Cl2N9O24/c1-32(2)20-46(81)70(100)88-61-63(95)38-15-18-50(44(79)22-38)109-52-24-40-25-53(67(52)113-77-68(66(98)65(97)54(31-90)111-77)112-56-29-78(4,69(99)33(3)108-56)83-30-34-10-12-36(13-11-34)35-8-6-5-7-9-35)110-51-19-16-39(23-45(51)80)64(96)62-75(105)87-60(76(106)107)43-26-41(91)27-49(93)57(43)42-21-37(14-17-48(42)92)58(72(102)89-62)86-73(103)59(40)85-71(101)47(28-55(82)94)84-74(61)104/h5-19,21-27,32-33,46-47,54,56,58-66,68-69,77,83,90-93,95-99H,20,28-31,81H2,1-4H3,(H2,82,94)(H,84,104)(H,85,101)(H,86,103)(H,87,105)(H,88,100)(H,89,102)(H,106,107)/t33-,46-,47-,54+,56-,58?,59+,60-,61+,62-,63+,64+,65+,66-,68?,69+,77?,78-/m0/s1. The summed E-state index contributed by atoms with van der Waals surface area (Å²) in [6.45, 7) is 6.06. The van der Waals surface area contributed by atoms with Crippen LogP contribution in [-0.2, 0) is 59.1 Å². The van der Waals surface area contributed by atoms with Crippen molar-refractivity contribution in [3.63, 3.8) is 0 Å². The Morgan fingerprint density at radius 3 is 1.89 bits per heavy atom. The van der Waals surface area contributed by atoms with Crippen LogP contribution >= 0.6 is 23.2 Å². The second-order valence-electron chi connectivity index (χ2n) is 28.8. The molecule has 7 heterocycles. The first-order valence-electron chi connectivity index (χ1n) is 35.8. The fourth-order valence-corrected chi connectivity index (χ4v) is 14.6. The number of phenolic OH excluding ortho intramolecular Hbond substituents is 3. The number of rotatable bonds is 16. The van der Waals surface area contributed by atoms with Crippen LogP contribution in [0.3, 0.4) is 0 Å². The van der Waals surface area contributed by atoms with E-state index >= 15 is 14.4 Å². The number of hydrogen-bond donors (Lipinski definition) is 19. The number of phenols is 3. The molecule has 14 rings (SSSR count). The number of amides is 7. The second-order valence-corrected chi connectivity index (χ2v) is 29.6. The molecule has 113 heavy (non-hydrogen) atoms. The third kappa shape index (κ3) is 17.7. The predicted octanol–water partition coefficient (Wildman–Crippen LogP) is 3.34. The van der Waals surface area contributed by atoms with Crippen molar-refractivity contribution < 1.29 is 118 Å². The average Bonchev–Trinajstić information content (AvgIpc) is 0.768. The van der Waals surface area contributed by atoms with Crippen molar-refractivity contribution in [2.75, 3.05) is 6.61 Å². The minimum absolute atomic E-state index is 0.0704. The molecule has 21 N–H and O–H groups in total. The Labute approximate surface area is 654 Å². The van der Waals surface area contributed by atoms with Gasteiger partial charge in [0.05, 0.1) is 41.3 Å². The molecule has 0 spiro atoms. The van der Waals surface area contributed by atoms with Crippen LogP contribution in [0.2, 0.25) is 10.0 Å². The molecule has 0 saturated carbocycles. The van der Waals surface area contributed by atoms with E-state index in [1.165, 1.54) is 12.1 Å². The number of nitrogens with one attached hydrogen (secondary N) is 7. The third-order valence-electron chi connectivity index (χ3n) is 20.2. The number of aliphatic hydroxyl groups is 6. The monoisotopic (exact) mass is 1600 g/mol. The smallest absolute Gasteiger partial charge is 0.330 e. The van der Waals surface area contributed by atoms with Gasteiger partial charge in [0.2, 0.25) is 53.4 Å². The van der Waals surface area contributed by atoms with Gasteiger partial charge in [-0.25, -0.2) is 4.79 Å². The first-order chi connectivity index (χ1) is 53.7. The summed E-state index contributed by atoms with van der Waals surface area (Å²) >= 11 is 14.2. The van der Waals surface area contributed by atoms with Crippen molar-refractivity contribution in [2.45, 2.75) is 163 Å². The number of primary amides is 1. The second kappa shape index (κ2) is 33.9. The van der Waals surface area contributed by atoms with E-state index in [1.54, 1.807) is 27.7 Å². The molecule has 7 amide bonds. The molecule has 7 aromatic carbocycles. The summed E-state index contributed by atoms with van der Waals surface area (Å²) in [5, 5.41) is 133. The van der Waals surface area contributed by atoms with E-state index in [-0.39, 0.29) is 52.8 Å². The van der Waals surface area contributed by atoms with Crippen LogP contribution in [0.5, 0.6) is 46.0 Å². The van der Waals surface area contributed by atoms with Crippen molar-refractivity contribution >= 4 is 70.5 Å². The van der Waals surface area contributed by atoms with Crippen LogP contribution < -0.4 is 62.9 Å². The van der Waals surface area contributed by atoms with Gasteiger partial charge in [-0.15, -0.1) is 0 Å². The fourth-order valence-electron chi connectivity index (χ4n) is 14.2. The fraction of sp³-hybridized carbons (Fsp3) is 0.359. The third-order valence-corrected chi connectivity index (χ3v) is 20.8. The molecule has 0 aliphatic carbocycles. The van der Waals surface area contributed by atoms with Gasteiger partial charge in [-0.05, 0) is 120 Å². The number of aromatic hydroxyl groups is 3. The summed E-state index contributed by atoms with van der Waals surface area (Å²) in [6, 6.07) is 16.4. The molecule has 2 saturated heterocycles. The number of carbonyl (C=O) groups excluding carboxylic acids is 7. The first-order valence-corrected chi connectivity index (χ1v) is 36.6. The molecular weight excluding hydrogens is 1520 g/mol. The zero-order chi connectivity index (χ0) is 81.3. The summed E-state index contributed by atoms with van der Waals surface area (Å²) in [6.07, 6.45) is -18.8. The van der Waals surface area contributed by atoms with Crippen LogP contribution in [0, 0.1) is 5.92 Å². The molecule has 11 bridgehead atoms. The maximum absolute atomic E-state index is 16.2. The number of halogens is 2. The zero-order valence-corrected chi connectivity index (χ0v) is 62.2. The number of carbonyl (C=O) groups is 8. The zero-order valence-electron chi connectivity index (χ0n) is 60.7. The average molecular weight is 1600 g/mol. The van der Waals surface area contributed by atoms with E-state index in [4.69, 9.17) is 63.1 Å². The predicted molar refractivity (Wildman–Crippen MR) is 399 cm³/mol. The molecule has 33 nitrogen and oxygen atoms in total. The molecule has 7 aliphatic heterocycles. The van der Waals surface area contributed by atoms with Gasteiger partial charge in [0.25, 0.3) is 0 Å². The Kier molecular flexibility index (Phi) is 24.5. The lowest BCUT2D eigenvalue weighted by Gasteiger charge is -2.48. The summed E-state index contributed by atoms with van der Waals surface area (Å²) in [5.41, 5.74) is 10.7. The van der Waals surface area contributed by atoms with Gasteiger partial charge in [-0.2, -0.15) is 0 Å². The molecule has 7 aromatic rings. The summed E-state index contributed by atoms with van der Waals surface area (Å²) < 4.78 is 39.4. The molecule has 35 heteroatoms. The maximum Gasteiger partial charge on any atom is 0.330 e. The van der Waals surface area contributed by atoms with E-state index in [0.29, 0.717) is 0 Å². The van der Waals surface area contributed by atoms with Crippen LogP contribution in [0.25, 0.3) is 22.3 Å². The number of fused-ring (bicyclic) bond motifs is 15. The lowest BCUT2D eigenvalue weighted by molar-refractivity contribution is -0.334. The van der Waals surface area contributed by atoms with Crippen LogP contribution in [-0.4, -0.2) is 184 Å². The SMILES string of the molecule is CC(C)C[C@H](N)C(=O)N[C@H]1C(=O)N[C@@H](CC(N)=O)C(=O)N[C@H]2C(=O)NC3C(=O)N[C@H](C(=O)N[C@H](C(=O)O)c4cc(O)cc(O)c4-c4cc3ccc4O)[C@H](O)c3ccc(c(Cl)c3)Oc3cc2cc(c3OC2O[C@H](CO)[C@@H](O)[C@H](O)C2O[C@H]2C[C@](C)(NCc3ccc(-c4ccccc4)cc3)[C@H](O)[C@H](C)O2)Oc2ccc(cc2Cl)[C@H]1O. The minimum atomic E-state index is -2.37. The number of aliphatic carboxylic acids is 1. The molecule has 18 atom stereocenters. The Bertz CT molecular complexity index is 4820. The number of benzene rings is 7. The number of nitrogens with two attached hydrogens (primary N) is 2. The van der Waals surface area contributed by atoms with Crippen LogP contribution in [0.4, 0.5) is 0 Å². The van der Waals surface area contributed by atoms with Crippen molar-refractivity contribution in [3.8, 4) is 68.2 Å². The molecule has 7 aliphatic rings. The maximum atomic E-state index is 16.2. The highest BCUT2D eigenvalue weighted by Gasteiger charge is 2.52. The van der Waals surface area contributed by atoms with Gasteiger partial charge >= 0.3 is 5.97 Å². The van der Waals surface area contributed by atoms with E-state index in [9.17, 15) is 75.0 Å². The molecule has 0 aromatic heterocycles. The summed E-state index contributed by atoms with van der Waals surface area (Å²) in [7, 11) is 0. The van der Waals surface area contributed by atoms with Gasteiger partial charge in [0.15, 0.2) is 29.9 Å². The van der Waals surface area contributed by atoms with Gasteiger partial charge in [0.1, 0.15) is 89.5 Å². The van der Waals surface area contributed by atoms with Crippen LogP contribution in [0.1, 0.15) is 111 Å². The summed E-state index contributed by atoms with van der Waals surface area (Å²) in [5.74, 6) is -16.3. The van der Waals surface area contributed by atoms with E-state index < -0.39 is 237 Å². The lowest BCUT2D eigenvalue weighted by Crippen LogP contribution is -2.65. The first kappa shape index (κ1) is 81.7. The number of carboxylic acids is 1. The molecule has 0 radical (unpaired) electrons. The summed E-state index contributed by atoms with van der Waals surface area (Å²) in [4.78, 5) is 117. The number of ether oxygens (including phenoxy) is 6. The molecular formula is C78H83Cl2N9O24. The van der Waals surface area contributed by atoms with E-state index in [1.807, 2.05) is 54.6 Å². The largest absolute Gasteiger partial charge is 0.508 e. The van der Waals surface area contributed by atoms with Gasteiger partial charge < -0.3 is 128 Å². The Morgan fingerprint density at radius 2 is 1.27 bits per heavy atom. The Morgan fingerprint density at radius 1 is 0.664 bits per heavy atom. The normalized spacial score (nSPS) is 27.5. The van der Waals surface area contributed by atoms with Crippen molar-refractivity contribution in [2.24, 2.45) is 17.4 Å². The highest BCUT2D eigenvalue weighted by atomic mass is 35.5. The Balaban J connectivity index is 1.04. The van der Waals surface area contributed by atoms with Crippen molar-refractivity contribution in [1.82, 2.24) is 37.2 Å². The van der Waals surface area contributed by atoms with Crippen molar-refractivity contribution in [3.05, 3.63) is 177 Å². The van der Waals surface area contributed by atoms with Gasteiger partial charge in [0, 0.05) is 41.3 Å². The topological polar surface area (TPSA) is 530 Å². The molecule has 3 unspecified atom stereocenters. The van der Waals surface area contributed by atoms with E-state index in [0.717, 1.165) is 83.4 Å². The quantitative estimate of drug-likeness (QED) is 0.0659. The van der Waals surface area contributed by atoms with E-state index in [2.05, 4.69) is 37.2 Å². The lowest BCUT2D eigenvalue weighted by atomic mass is 9.84. The van der Waals surface area contributed by atoms with Gasteiger partial charge in [-0.3, -0.25) is 33.6 Å².